The van der Waals surface area contributed by atoms with Crippen LogP contribution in [0.3, 0.4) is 0 Å². The molecular weight excluding hydrogens is 386 g/mol. The van der Waals surface area contributed by atoms with E-state index in [1.54, 1.807) is 6.21 Å². The molecule has 4 rings (SSSR count). The minimum atomic E-state index is -0.406. The van der Waals surface area contributed by atoms with Crippen LogP contribution in [0, 0.1) is 0 Å². The molecule has 29 heavy (non-hydrogen) atoms. The van der Waals surface area contributed by atoms with Crippen molar-refractivity contribution in [2.24, 2.45) is 5.10 Å². The van der Waals surface area contributed by atoms with Crippen LogP contribution in [-0.4, -0.2) is 21.8 Å². The van der Waals surface area contributed by atoms with Gasteiger partial charge in [-0.05, 0) is 29.8 Å². The summed E-state index contributed by atoms with van der Waals surface area (Å²) in [5.41, 5.74) is 6.01. The largest absolute Gasteiger partial charge is 0.506 e. The second kappa shape index (κ2) is 8.20. The smallest absolute Gasteiger partial charge is 0.271 e. The Hall–Kier alpha value is -3.57. The van der Waals surface area contributed by atoms with Crippen LogP contribution in [0.5, 0.6) is 5.75 Å². The van der Waals surface area contributed by atoms with E-state index in [4.69, 9.17) is 11.6 Å². The van der Waals surface area contributed by atoms with E-state index in [1.807, 2.05) is 42.6 Å². The van der Waals surface area contributed by atoms with Gasteiger partial charge in [0.2, 0.25) is 0 Å². The van der Waals surface area contributed by atoms with Crippen LogP contribution < -0.4 is 5.43 Å². The second-order valence-corrected chi connectivity index (χ2v) is 6.99. The van der Waals surface area contributed by atoms with Gasteiger partial charge >= 0.3 is 0 Å². The van der Waals surface area contributed by atoms with Gasteiger partial charge in [-0.25, -0.2) is 5.43 Å². The van der Waals surface area contributed by atoms with Crippen molar-refractivity contribution in [1.29, 1.82) is 0 Å². The number of benzene rings is 3. The van der Waals surface area contributed by atoms with Gasteiger partial charge < -0.3 is 9.67 Å². The Kier molecular flexibility index (Phi) is 5.31. The number of hydrogen-bond donors (Lipinski definition) is 2. The fourth-order valence-corrected chi connectivity index (χ4v) is 3.34. The standard InChI is InChI=1S/C23H18ClN3O2/c24-20-12-17(10-11-22(20)28)23(29)26-25-13-18-15-27(14-16-6-2-1-3-7-16)21-9-5-4-8-19(18)21/h1-13,15,28H,14H2,(H,26,29)/b25-13+. The first-order valence-electron chi connectivity index (χ1n) is 9.05. The zero-order valence-corrected chi connectivity index (χ0v) is 16.2. The number of nitrogens with zero attached hydrogens (tertiary/aromatic N) is 2. The highest BCUT2D eigenvalue weighted by atomic mass is 35.5. The number of amides is 1. The normalized spacial score (nSPS) is 11.2. The molecule has 1 heterocycles. The van der Waals surface area contributed by atoms with E-state index in [0.29, 0.717) is 5.56 Å². The fourth-order valence-electron chi connectivity index (χ4n) is 3.16. The average Bonchev–Trinajstić information content (AvgIpc) is 3.08. The first kappa shape index (κ1) is 18.8. The lowest BCUT2D eigenvalue weighted by Crippen LogP contribution is -2.17. The van der Waals surface area contributed by atoms with Gasteiger partial charge in [0, 0.05) is 34.8 Å². The Labute approximate surface area is 172 Å². The Bertz CT molecular complexity index is 1200. The highest BCUT2D eigenvalue weighted by Crippen LogP contribution is 2.24. The van der Waals surface area contributed by atoms with E-state index in [-0.39, 0.29) is 10.8 Å². The number of halogens is 1. The van der Waals surface area contributed by atoms with E-state index in [9.17, 15) is 9.90 Å². The van der Waals surface area contributed by atoms with Crippen LogP contribution in [0.15, 0.2) is 84.1 Å². The van der Waals surface area contributed by atoms with Crippen LogP contribution in [-0.2, 0) is 6.54 Å². The molecule has 4 aromatic rings. The minimum absolute atomic E-state index is 0.0713. The average molecular weight is 404 g/mol. The van der Waals surface area contributed by atoms with E-state index in [0.717, 1.165) is 23.0 Å². The number of carbonyl (C=O) groups excluding carboxylic acids is 1. The van der Waals surface area contributed by atoms with Crippen molar-refractivity contribution in [1.82, 2.24) is 9.99 Å². The predicted octanol–water partition coefficient (Wildman–Crippen LogP) is 4.81. The zero-order chi connectivity index (χ0) is 20.2. The summed E-state index contributed by atoms with van der Waals surface area (Å²) in [4.78, 5) is 12.2. The van der Waals surface area contributed by atoms with E-state index in [1.165, 1.54) is 23.8 Å². The molecule has 0 unspecified atom stereocenters. The quantitative estimate of drug-likeness (QED) is 0.371. The number of aromatic nitrogens is 1. The molecule has 1 aromatic heterocycles. The van der Waals surface area contributed by atoms with Crippen molar-refractivity contribution in [2.75, 3.05) is 0 Å². The third-order valence-electron chi connectivity index (χ3n) is 4.59. The van der Waals surface area contributed by atoms with Crippen molar-refractivity contribution in [3.63, 3.8) is 0 Å². The molecule has 0 spiro atoms. The van der Waals surface area contributed by atoms with Crippen molar-refractivity contribution >= 4 is 34.6 Å². The van der Waals surface area contributed by atoms with Gasteiger partial charge in [0.15, 0.2) is 0 Å². The number of carbonyl (C=O) groups is 1. The van der Waals surface area contributed by atoms with Crippen LogP contribution in [0.2, 0.25) is 5.02 Å². The number of phenols is 1. The predicted molar refractivity (Wildman–Crippen MR) is 116 cm³/mol. The number of rotatable bonds is 5. The molecule has 6 heteroatoms. The first-order chi connectivity index (χ1) is 14.1. The molecule has 2 N–H and O–H groups in total. The number of aromatic hydroxyl groups is 1. The fraction of sp³-hybridized carbons (Fsp3) is 0.0435. The van der Waals surface area contributed by atoms with Gasteiger partial charge in [-0.15, -0.1) is 0 Å². The molecule has 144 valence electrons. The first-order valence-corrected chi connectivity index (χ1v) is 9.43. The maximum atomic E-state index is 12.2. The molecule has 0 saturated carbocycles. The lowest BCUT2D eigenvalue weighted by atomic mass is 10.2. The number of phenolic OH excluding ortho intramolecular Hbond substituents is 1. The zero-order valence-electron chi connectivity index (χ0n) is 15.4. The van der Waals surface area contributed by atoms with Crippen molar-refractivity contribution in [3.8, 4) is 5.75 Å². The Balaban J connectivity index is 1.56. The summed E-state index contributed by atoms with van der Waals surface area (Å²) in [6.07, 6.45) is 3.65. The third kappa shape index (κ3) is 4.15. The van der Waals surface area contributed by atoms with Gasteiger partial charge in [0.05, 0.1) is 11.2 Å². The van der Waals surface area contributed by atoms with Crippen LogP contribution in [0.25, 0.3) is 10.9 Å². The van der Waals surface area contributed by atoms with E-state index >= 15 is 0 Å². The van der Waals surface area contributed by atoms with Gasteiger partial charge in [0.1, 0.15) is 5.75 Å². The lowest BCUT2D eigenvalue weighted by Gasteiger charge is -2.05. The number of nitrogens with one attached hydrogen (secondary N) is 1. The summed E-state index contributed by atoms with van der Waals surface area (Å²) in [5, 5.41) is 14.7. The highest BCUT2D eigenvalue weighted by molar-refractivity contribution is 6.32. The summed E-state index contributed by atoms with van der Waals surface area (Å²) in [7, 11) is 0. The summed E-state index contributed by atoms with van der Waals surface area (Å²) < 4.78 is 2.16. The molecule has 0 atom stereocenters. The van der Waals surface area contributed by atoms with Gasteiger partial charge in [-0.3, -0.25) is 4.79 Å². The molecule has 5 nitrogen and oxygen atoms in total. The van der Waals surface area contributed by atoms with Crippen molar-refractivity contribution in [2.45, 2.75) is 6.54 Å². The molecule has 0 aliphatic heterocycles. The summed E-state index contributed by atoms with van der Waals surface area (Å²) >= 11 is 5.85. The van der Waals surface area contributed by atoms with Gasteiger partial charge in [-0.2, -0.15) is 5.10 Å². The second-order valence-electron chi connectivity index (χ2n) is 6.58. The Morgan fingerprint density at radius 1 is 1.07 bits per heavy atom. The van der Waals surface area contributed by atoms with Crippen molar-refractivity contribution < 1.29 is 9.90 Å². The summed E-state index contributed by atoms with van der Waals surface area (Å²) in [5.74, 6) is -0.478. The maximum Gasteiger partial charge on any atom is 0.271 e. The molecule has 0 fully saturated rings. The number of para-hydroxylation sites is 1. The lowest BCUT2D eigenvalue weighted by molar-refractivity contribution is 0.0955. The van der Waals surface area contributed by atoms with E-state index < -0.39 is 5.91 Å². The highest BCUT2D eigenvalue weighted by Gasteiger charge is 2.09. The molecule has 0 radical (unpaired) electrons. The minimum Gasteiger partial charge on any atom is -0.506 e. The molecule has 3 aromatic carbocycles. The topological polar surface area (TPSA) is 66.6 Å². The Morgan fingerprint density at radius 3 is 2.62 bits per heavy atom. The SMILES string of the molecule is O=C(N/N=C/c1cn(Cc2ccccc2)c2ccccc12)c1ccc(O)c(Cl)c1. The van der Waals surface area contributed by atoms with Crippen molar-refractivity contribution in [3.05, 3.63) is 101 Å². The number of hydrogen-bond acceptors (Lipinski definition) is 3. The van der Waals surface area contributed by atoms with Crippen LogP contribution in [0.1, 0.15) is 21.5 Å². The molecule has 1 amide bonds. The third-order valence-corrected chi connectivity index (χ3v) is 4.90. The molecular formula is C23H18ClN3O2. The summed E-state index contributed by atoms with van der Waals surface area (Å²) in [6.45, 7) is 0.744. The van der Waals surface area contributed by atoms with Crippen LogP contribution >= 0.6 is 11.6 Å². The van der Waals surface area contributed by atoms with Crippen LogP contribution in [0.4, 0.5) is 0 Å². The van der Waals surface area contributed by atoms with E-state index in [2.05, 4.69) is 33.3 Å². The Morgan fingerprint density at radius 2 is 1.83 bits per heavy atom. The maximum absolute atomic E-state index is 12.2. The molecule has 0 bridgehead atoms. The molecule has 0 saturated heterocycles. The number of hydrazone groups is 1. The number of fused-ring (bicyclic) bond motifs is 1. The van der Waals surface area contributed by atoms with Gasteiger partial charge in [0.25, 0.3) is 5.91 Å². The van der Waals surface area contributed by atoms with Gasteiger partial charge in [-0.1, -0.05) is 60.1 Å². The summed E-state index contributed by atoms with van der Waals surface area (Å²) in [6, 6.07) is 22.5. The monoisotopic (exact) mass is 403 g/mol. The molecule has 0 aliphatic rings. The molecule has 0 aliphatic carbocycles.